The van der Waals surface area contributed by atoms with Crippen molar-refractivity contribution in [1.29, 1.82) is 0 Å². The second kappa shape index (κ2) is 6.20. The van der Waals surface area contributed by atoms with Crippen LogP contribution < -0.4 is 9.80 Å². The Hall–Kier alpha value is -2.70. The van der Waals surface area contributed by atoms with Gasteiger partial charge in [0, 0.05) is 55.8 Å². The molecule has 1 fully saturated rings. The molecule has 0 spiro atoms. The van der Waals surface area contributed by atoms with Crippen LogP contribution in [0.15, 0.2) is 30.3 Å². The molecule has 1 aromatic heterocycles. The number of aryl methyl sites for hydroxylation is 2. The van der Waals surface area contributed by atoms with E-state index < -0.39 is 0 Å². The fourth-order valence-corrected chi connectivity index (χ4v) is 2.84. The van der Waals surface area contributed by atoms with Crippen molar-refractivity contribution in [3.8, 4) is 0 Å². The number of aromatic nitrogens is 2. The summed E-state index contributed by atoms with van der Waals surface area (Å²) in [4.78, 5) is 23.7. The summed E-state index contributed by atoms with van der Waals surface area (Å²) in [5.74, 6) is 1.76. The molecule has 1 aliphatic rings. The van der Waals surface area contributed by atoms with Crippen molar-refractivity contribution in [2.75, 3.05) is 36.0 Å². The minimum atomic E-state index is -0.374. The van der Waals surface area contributed by atoms with E-state index >= 15 is 0 Å². The first-order valence-corrected chi connectivity index (χ1v) is 7.59. The van der Waals surface area contributed by atoms with Gasteiger partial charge in [-0.1, -0.05) is 0 Å². The average Bonchev–Trinajstić information content (AvgIpc) is 2.54. The van der Waals surface area contributed by atoms with E-state index in [0.717, 1.165) is 49.2 Å². The maximum atomic E-state index is 10.7. The predicted molar refractivity (Wildman–Crippen MR) is 89.0 cm³/mol. The van der Waals surface area contributed by atoms with Crippen LogP contribution in [0.5, 0.6) is 0 Å². The minimum absolute atomic E-state index is 0.124. The molecule has 2 aromatic rings. The molecule has 23 heavy (non-hydrogen) atoms. The Morgan fingerprint density at radius 2 is 1.61 bits per heavy atom. The number of rotatable bonds is 3. The van der Waals surface area contributed by atoms with Crippen LogP contribution in [0.25, 0.3) is 0 Å². The summed E-state index contributed by atoms with van der Waals surface area (Å²) < 4.78 is 0. The summed E-state index contributed by atoms with van der Waals surface area (Å²) >= 11 is 0. The van der Waals surface area contributed by atoms with Crippen molar-refractivity contribution >= 4 is 17.2 Å². The lowest BCUT2D eigenvalue weighted by Gasteiger charge is -2.36. The van der Waals surface area contributed by atoms with Crippen LogP contribution >= 0.6 is 0 Å². The summed E-state index contributed by atoms with van der Waals surface area (Å²) in [6.07, 6.45) is 0. The normalized spacial score (nSPS) is 14.9. The molecular formula is C16H19N5O2. The standard InChI is InChI=1S/C16H19N5O2/c1-12-11-16(18-13(2)17-12)20-9-7-19(8-10-20)14-3-5-15(6-4-14)21(22)23/h3-6,11H,7-10H2,1-2H3. The highest BCUT2D eigenvalue weighted by atomic mass is 16.6. The van der Waals surface area contributed by atoms with Crippen LogP contribution in [0.2, 0.25) is 0 Å². The van der Waals surface area contributed by atoms with Gasteiger partial charge >= 0.3 is 0 Å². The Kier molecular flexibility index (Phi) is 4.10. The van der Waals surface area contributed by atoms with E-state index in [9.17, 15) is 10.1 Å². The van der Waals surface area contributed by atoms with E-state index in [1.165, 1.54) is 0 Å². The van der Waals surface area contributed by atoms with E-state index in [2.05, 4.69) is 19.8 Å². The second-order valence-corrected chi connectivity index (χ2v) is 5.66. The fourth-order valence-electron chi connectivity index (χ4n) is 2.84. The van der Waals surface area contributed by atoms with E-state index in [1.807, 2.05) is 32.0 Å². The molecule has 1 saturated heterocycles. The highest BCUT2D eigenvalue weighted by Crippen LogP contribution is 2.22. The molecule has 3 rings (SSSR count). The number of anilines is 2. The lowest BCUT2D eigenvalue weighted by Crippen LogP contribution is -2.46. The van der Waals surface area contributed by atoms with Gasteiger partial charge in [-0.2, -0.15) is 0 Å². The maximum absolute atomic E-state index is 10.7. The number of piperazine rings is 1. The Morgan fingerprint density at radius 1 is 1.00 bits per heavy atom. The number of non-ortho nitro benzene ring substituents is 1. The van der Waals surface area contributed by atoms with Crippen molar-refractivity contribution in [3.63, 3.8) is 0 Å². The van der Waals surface area contributed by atoms with Gasteiger partial charge in [-0.25, -0.2) is 9.97 Å². The van der Waals surface area contributed by atoms with Gasteiger partial charge in [0.2, 0.25) is 0 Å². The van der Waals surface area contributed by atoms with Crippen molar-refractivity contribution in [2.24, 2.45) is 0 Å². The van der Waals surface area contributed by atoms with Gasteiger partial charge in [0.25, 0.3) is 5.69 Å². The zero-order chi connectivity index (χ0) is 16.4. The Labute approximate surface area is 134 Å². The largest absolute Gasteiger partial charge is 0.368 e. The number of hydrogen-bond acceptors (Lipinski definition) is 6. The van der Waals surface area contributed by atoms with Crippen LogP contribution in [0.1, 0.15) is 11.5 Å². The molecule has 0 amide bonds. The number of hydrogen-bond donors (Lipinski definition) is 0. The van der Waals surface area contributed by atoms with E-state index in [0.29, 0.717) is 0 Å². The van der Waals surface area contributed by atoms with Crippen LogP contribution in [0.3, 0.4) is 0 Å². The Balaban J connectivity index is 1.67. The molecule has 0 atom stereocenters. The highest BCUT2D eigenvalue weighted by molar-refractivity contribution is 5.52. The van der Waals surface area contributed by atoms with Crippen molar-refractivity contribution in [2.45, 2.75) is 13.8 Å². The lowest BCUT2D eigenvalue weighted by atomic mass is 10.2. The summed E-state index contributed by atoms with van der Waals surface area (Å²) in [6, 6.07) is 8.74. The topological polar surface area (TPSA) is 75.4 Å². The zero-order valence-electron chi connectivity index (χ0n) is 13.3. The SMILES string of the molecule is Cc1cc(N2CCN(c3ccc([N+](=O)[O-])cc3)CC2)nc(C)n1. The van der Waals surface area contributed by atoms with Crippen LogP contribution in [0.4, 0.5) is 17.2 Å². The molecule has 7 heteroatoms. The van der Waals surface area contributed by atoms with Crippen molar-refractivity contribution in [3.05, 3.63) is 52.0 Å². The molecule has 7 nitrogen and oxygen atoms in total. The molecule has 0 bridgehead atoms. The van der Waals surface area contributed by atoms with E-state index in [1.54, 1.807) is 12.1 Å². The first-order chi connectivity index (χ1) is 11.0. The third-order valence-corrected chi connectivity index (χ3v) is 3.98. The van der Waals surface area contributed by atoms with Crippen LogP contribution in [-0.2, 0) is 0 Å². The summed E-state index contributed by atoms with van der Waals surface area (Å²) in [6.45, 7) is 7.34. The van der Waals surface area contributed by atoms with Crippen molar-refractivity contribution < 1.29 is 4.92 Å². The molecule has 120 valence electrons. The van der Waals surface area contributed by atoms with Gasteiger partial charge in [-0.05, 0) is 26.0 Å². The molecule has 0 saturated carbocycles. The first-order valence-electron chi connectivity index (χ1n) is 7.59. The third-order valence-electron chi connectivity index (χ3n) is 3.98. The predicted octanol–water partition coefficient (Wildman–Crippen LogP) is 2.33. The monoisotopic (exact) mass is 313 g/mol. The first kappa shape index (κ1) is 15.2. The maximum Gasteiger partial charge on any atom is 0.269 e. The van der Waals surface area contributed by atoms with Gasteiger partial charge in [0.1, 0.15) is 11.6 Å². The lowest BCUT2D eigenvalue weighted by molar-refractivity contribution is -0.384. The molecular weight excluding hydrogens is 294 g/mol. The summed E-state index contributed by atoms with van der Waals surface area (Å²) in [5.41, 5.74) is 2.12. The zero-order valence-corrected chi connectivity index (χ0v) is 13.3. The number of nitro groups is 1. The summed E-state index contributed by atoms with van der Waals surface area (Å²) in [5, 5.41) is 10.7. The van der Waals surface area contributed by atoms with Crippen LogP contribution in [-0.4, -0.2) is 41.1 Å². The molecule has 0 radical (unpaired) electrons. The Bertz CT molecular complexity index is 689. The Morgan fingerprint density at radius 3 is 2.17 bits per heavy atom. The molecule has 1 aliphatic heterocycles. The molecule has 0 unspecified atom stereocenters. The van der Waals surface area contributed by atoms with Gasteiger partial charge in [-0.15, -0.1) is 0 Å². The number of nitrogens with zero attached hydrogens (tertiary/aromatic N) is 5. The second-order valence-electron chi connectivity index (χ2n) is 5.66. The van der Waals surface area contributed by atoms with Gasteiger partial charge in [-0.3, -0.25) is 10.1 Å². The minimum Gasteiger partial charge on any atom is -0.368 e. The average molecular weight is 313 g/mol. The van der Waals surface area contributed by atoms with E-state index in [-0.39, 0.29) is 10.6 Å². The van der Waals surface area contributed by atoms with Gasteiger partial charge < -0.3 is 9.80 Å². The summed E-state index contributed by atoms with van der Waals surface area (Å²) in [7, 11) is 0. The number of benzene rings is 1. The van der Waals surface area contributed by atoms with Gasteiger partial charge in [0.05, 0.1) is 4.92 Å². The molecule has 0 aliphatic carbocycles. The smallest absolute Gasteiger partial charge is 0.269 e. The molecule has 1 aromatic carbocycles. The number of nitro benzene ring substituents is 1. The van der Waals surface area contributed by atoms with Crippen LogP contribution in [0, 0.1) is 24.0 Å². The van der Waals surface area contributed by atoms with E-state index in [4.69, 9.17) is 0 Å². The van der Waals surface area contributed by atoms with Crippen molar-refractivity contribution in [1.82, 2.24) is 9.97 Å². The fraction of sp³-hybridized carbons (Fsp3) is 0.375. The molecule has 2 heterocycles. The quantitative estimate of drug-likeness (QED) is 0.639. The molecule has 0 N–H and O–H groups in total. The third kappa shape index (κ3) is 3.39. The van der Waals surface area contributed by atoms with Gasteiger partial charge in [0.15, 0.2) is 0 Å². The highest BCUT2D eigenvalue weighted by Gasteiger charge is 2.19.